The lowest BCUT2D eigenvalue weighted by Crippen LogP contribution is -2.39. The summed E-state index contributed by atoms with van der Waals surface area (Å²) in [6.07, 6.45) is 9.83. The van der Waals surface area contributed by atoms with Crippen molar-refractivity contribution in [2.75, 3.05) is 26.7 Å². The Balaban J connectivity index is 1.90. The first-order chi connectivity index (χ1) is 7.27. The number of allylic oxidation sites excluding steroid dienone is 2. The van der Waals surface area contributed by atoms with Gasteiger partial charge in [-0.1, -0.05) is 12.2 Å². The zero-order chi connectivity index (χ0) is 10.7. The van der Waals surface area contributed by atoms with E-state index in [-0.39, 0.29) is 5.92 Å². The van der Waals surface area contributed by atoms with Crippen molar-refractivity contribution in [1.29, 1.82) is 0 Å². The van der Waals surface area contributed by atoms with Crippen LogP contribution in [0.5, 0.6) is 0 Å². The number of nitrogens with zero attached hydrogens (tertiary/aromatic N) is 2. The highest BCUT2D eigenvalue weighted by Crippen LogP contribution is 2.19. The smallest absolute Gasteiger partial charge is 0.230 e. The van der Waals surface area contributed by atoms with Gasteiger partial charge in [-0.2, -0.15) is 0 Å². The second kappa shape index (κ2) is 4.62. The summed E-state index contributed by atoms with van der Waals surface area (Å²) in [7, 11) is 2.12. The van der Waals surface area contributed by atoms with Crippen molar-refractivity contribution < 1.29 is 4.79 Å². The molecule has 2 rings (SSSR count). The van der Waals surface area contributed by atoms with Crippen LogP contribution in [0.4, 0.5) is 0 Å². The predicted octanol–water partition coefficient (Wildman–Crippen LogP) is 1.24. The summed E-state index contributed by atoms with van der Waals surface area (Å²) in [6.45, 7) is 2.83. The van der Waals surface area contributed by atoms with E-state index in [0.717, 1.165) is 32.5 Å². The van der Waals surface area contributed by atoms with E-state index in [2.05, 4.69) is 11.9 Å². The lowest BCUT2D eigenvalue weighted by molar-refractivity contribution is -0.133. The van der Waals surface area contributed by atoms with Crippen LogP contribution in [-0.2, 0) is 4.79 Å². The molecule has 0 aliphatic carbocycles. The largest absolute Gasteiger partial charge is 0.315 e. The number of carbonyl (C=O) groups excluding carboxylic acids is 1. The Kier molecular flexibility index (Phi) is 3.21. The number of carbonyl (C=O) groups is 1. The van der Waals surface area contributed by atoms with Gasteiger partial charge < -0.3 is 9.80 Å². The zero-order valence-electron chi connectivity index (χ0n) is 9.22. The summed E-state index contributed by atoms with van der Waals surface area (Å²) in [5, 5.41) is 0. The number of amides is 1. The van der Waals surface area contributed by atoms with Gasteiger partial charge in [-0.05, 0) is 39.1 Å². The lowest BCUT2D eigenvalue weighted by Gasteiger charge is -2.31. The molecule has 82 valence electrons. The predicted molar refractivity (Wildman–Crippen MR) is 60.2 cm³/mol. The van der Waals surface area contributed by atoms with E-state index in [4.69, 9.17) is 0 Å². The van der Waals surface area contributed by atoms with Crippen LogP contribution in [0.3, 0.4) is 0 Å². The van der Waals surface area contributed by atoms with E-state index < -0.39 is 0 Å². The topological polar surface area (TPSA) is 23.6 Å². The van der Waals surface area contributed by atoms with Crippen molar-refractivity contribution in [2.45, 2.75) is 12.8 Å². The average molecular weight is 206 g/mol. The Morgan fingerprint density at radius 1 is 1.27 bits per heavy atom. The first kappa shape index (κ1) is 10.4. The summed E-state index contributed by atoms with van der Waals surface area (Å²) >= 11 is 0. The van der Waals surface area contributed by atoms with E-state index in [1.165, 1.54) is 0 Å². The van der Waals surface area contributed by atoms with Crippen LogP contribution in [0.2, 0.25) is 0 Å². The van der Waals surface area contributed by atoms with Crippen LogP contribution in [0.25, 0.3) is 0 Å². The molecule has 2 aliphatic rings. The third kappa shape index (κ3) is 2.48. The van der Waals surface area contributed by atoms with Gasteiger partial charge in [0.25, 0.3) is 0 Å². The SMILES string of the molecule is CN1CCC(C(=O)N2C=CC=CC2)CC1. The molecule has 0 aromatic heterocycles. The standard InChI is InChI=1S/C12H18N2O/c1-13-9-5-11(6-10-13)12(15)14-7-3-2-4-8-14/h2-4,7,11H,5-6,8-10H2,1H3. The first-order valence-corrected chi connectivity index (χ1v) is 5.60. The normalized spacial score (nSPS) is 23.4. The summed E-state index contributed by atoms with van der Waals surface area (Å²) in [6, 6.07) is 0. The molecule has 15 heavy (non-hydrogen) atoms. The maximum atomic E-state index is 12.1. The number of hydrogen-bond acceptors (Lipinski definition) is 2. The van der Waals surface area contributed by atoms with Crippen LogP contribution in [0.1, 0.15) is 12.8 Å². The second-order valence-electron chi connectivity index (χ2n) is 4.34. The van der Waals surface area contributed by atoms with Crippen molar-refractivity contribution in [3.05, 3.63) is 24.4 Å². The van der Waals surface area contributed by atoms with E-state index in [1.54, 1.807) is 0 Å². The molecule has 1 amide bonds. The summed E-state index contributed by atoms with van der Waals surface area (Å²) in [4.78, 5) is 16.2. The number of likely N-dealkylation sites (tertiary alicyclic amines) is 1. The molecule has 0 atom stereocenters. The van der Waals surface area contributed by atoms with Crippen LogP contribution in [-0.4, -0.2) is 42.4 Å². The van der Waals surface area contributed by atoms with Gasteiger partial charge in [0.15, 0.2) is 0 Å². The summed E-state index contributed by atoms with van der Waals surface area (Å²) in [5.74, 6) is 0.529. The van der Waals surface area contributed by atoms with Gasteiger partial charge in [0.2, 0.25) is 5.91 Å². The summed E-state index contributed by atoms with van der Waals surface area (Å²) in [5.41, 5.74) is 0. The van der Waals surface area contributed by atoms with Crippen molar-refractivity contribution >= 4 is 5.91 Å². The molecule has 0 unspecified atom stereocenters. The highest BCUT2D eigenvalue weighted by molar-refractivity contribution is 5.80. The number of piperidine rings is 1. The monoisotopic (exact) mass is 206 g/mol. The Labute approximate surface area is 91.0 Å². The fraction of sp³-hybridized carbons (Fsp3) is 0.583. The van der Waals surface area contributed by atoms with Crippen molar-refractivity contribution in [3.63, 3.8) is 0 Å². The first-order valence-electron chi connectivity index (χ1n) is 5.60. The third-order valence-electron chi connectivity index (χ3n) is 3.17. The van der Waals surface area contributed by atoms with Gasteiger partial charge in [-0.3, -0.25) is 4.79 Å². The van der Waals surface area contributed by atoms with Gasteiger partial charge in [0, 0.05) is 18.7 Å². The average Bonchev–Trinajstić information content (AvgIpc) is 2.30. The molecule has 0 aromatic rings. The maximum Gasteiger partial charge on any atom is 0.230 e. The van der Waals surface area contributed by atoms with Crippen molar-refractivity contribution in [2.24, 2.45) is 5.92 Å². The van der Waals surface area contributed by atoms with Gasteiger partial charge in [0.05, 0.1) is 0 Å². The van der Waals surface area contributed by atoms with Crippen LogP contribution in [0, 0.1) is 5.92 Å². The molecule has 2 heterocycles. The van der Waals surface area contributed by atoms with E-state index in [9.17, 15) is 4.79 Å². The van der Waals surface area contributed by atoms with Gasteiger partial charge >= 0.3 is 0 Å². The lowest BCUT2D eigenvalue weighted by atomic mass is 9.95. The van der Waals surface area contributed by atoms with Gasteiger partial charge in [0.1, 0.15) is 0 Å². The highest BCUT2D eigenvalue weighted by atomic mass is 16.2. The number of rotatable bonds is 1. The Hall–Kier alpha value is -1.09. The van der Waals surface area contributed by atoms with Crippen LogP contribution < -0.4 is 0 Å². The van der Waals surface area contributed by atoms with Crippen molar-refractivity contribution in [3.8, 4) is 0 Å². The van der Waals surface area contributed by atoms with Crippen LogP contribution in [0.15, 0.2) is 24.4 Å². The van der Waals surface area contributed by atoms with Gasteiger partial charge in [-0.15, -0.1) is 0 Å². The van der Waals surface area contributed by atoms with Gasteiger partial charge in [-0.25, -0.2) is 0 Å². The zero-order valence-corrected chi connectivity index (χ0v) is 9.22. The molecule has 0 saturated carbocycles. The molecule has 0 radical (unpaired) electrons. The molecular formula is C12H18N2O. The van der Waals surface area contributed by atoms with E-state index >= 15 is 0 Å². The minimum absolute atomic E-state index is 0.234. The van der Waals surface area contributed by atoms with Crippen molar-refractivity contribution in [1.82, 2.24) is 9.80 Å². The molecule has 1 fully saturated rings. The molecule has 3 heteroatoms. The molecular weight excluding hydrogens is 188 g/mol. The molecule has 3 nitrogen and oxygen atoms in total. The fourth-order valence-electron chi connectivity index (χ4n) is 2.12. The third-order valence-corrected chi connectivity index (χ3v) is 3.17. The second-order valence-corrected chi connectivity index (χ2v) is 4.34. The molecule has 1 saturated heterocycles. The Morgan fingerprint density at radius 3 is 2.60 bits per heavy atom. The van der Waals surface area contributed by atoms with E-state index in [0.29, 0.717) is 5.91 Å². The highest BCUT2D eigenvalue weighted by Gasteiger charge is 2.26. The number of hydrogen-bond donors (Lipinski definition) is 0. The minimum Gasteiger partial charge on any atom is -0.315 e. The minimum atomic E-state index is 0.234. The molecule has 0 aromatic carbocycles. The summed E-state index contributed by atoms with van der Waals surface area (Å²) < 4.78 is 0. The van der Waals surface area contributed by atoms with Crippen LogP contribution >= 0.6 is 0 Å². The molecule has 0 spiro atoms. The van der Waals surface area contributed by atoms with E-state index in [1.807, 2.05) is 29.3 Å². The quantitative estimate of drug-likeness (QED) is 0.644. The molecule has 0 bridgehead atoms. The fourth-order valence-corrected chi connectivity index (χ4v) is 2.12. The Bertz CT molecular complexity index is 288. The maximum absolute atomic E-state index is 12.1. The molecule has 2 aliphatic heterocycles. The molecule has 0 N–H and O–H groups in total. The Morgan fingerprint density at radius 2 is 2.00 bits per heavy atom.